The molecule has 2 aromatic heterocycles. The van der Waals surface area contributed by atoms with Gasteiger partial charge in [-0.05, 0) is 28.1 Å². The molecule has 2 N–H and O–H groups in total. The molecular weight excluding hydrogens is 208 g/mol. The summed E-state index contributed by atoms with van der Waals surface area (Å²) in [5.74, 6) is 0.584. The first-order chi connectivity index (χ1) is 5.27. The van der Waals surface area contributed by atoms with Crippen molar-refractivity contribution in [2.24, 2.45) is 0 Å². The molecule has 4 nitrogen and oxygen atoms in total. The van der Waals surface area contributed by atoms with Gasteiger partial charge in [0.25, 0.3) is 0 Å². The fraction of sp³-hybridized carbons (Fsp3) is 0. The lowest BCUT2D eigenvalue weighted by atomic mass is 10.4. The van der Waals surface area contributed by atoms with Crippen LogP contribution >= 0.6 is 15.9 Å². The molecule has 0 saturated carbocycles. The molecule has 0 aliphatic heterocycles. The summed E-state index contributed by atoms with van der Waals surface area (Å²) in [6, 6.07) is 5.45. The van der Waals surface area contributed by atoms with Gasteiger partial charge in [0.1, 0.15) is 5.82 Å². The molecule has 0 unspecified atom stereocenters. The van der Waals surface area contributed by atoms with Crippen LogP contribution in [0.15, 0.2) is 22.9 Å². The quantitative estimate of drug-likeness (QED) is 0.712. The molecule has 0 fully saturated rings. The van der Waals surface area contributed by atoms with Gasteiger partial charge < -0.3 is 5.73 Å². The number of aromatic nitrogens is 3. The molecule has 0 spiro atoms. The zero-order chi connectivity index (χ0) is 7.84. The Bertz CT molecular complexity index is 394. The Balaban J connectivity index is 2.90. The van der Waals surface area contributed by atoms with Gasteiger partial charge in [0.05, 0.1) is 0 Å². The number of pyridine rings is 1. The van der Waals surface area contributed by atoms with Gasteiger partial charge in [-0.1, -0.05) is 6.07 Å². The maximum absolute atomic E-state index is 5.61. The predicted octanol–water partition coefficient (Wildman–Crippen LogP) is 1.07. The number of fused-ring (bicyclic) bond motifs is 1. The lowest BCUT2D eigenvalue weighted by Crippen LogP contribution is -1.96. The van der Waals surface area contributed by atoms with Crippen LogP contribution in [0.3, 0.4) is 0 Å². The highest BCUT2D eigenvalue weighted by molar-refractivity contribution is 9.10. The topological polar surface area (TPSA) is 56.2 Å². The van der Waals surface area contributed by atoms with Crippen molar-refractivity contribution >= 4 is 27.4 Å². The van der Waals surface area contributed by atoms with E-state index in [9.17, 15) is 0 Å². The fourth-order valence-electron chi connectivity index (χ4n) is 0.899. The third-order valence-electron chi connectivity index (χ3n) is 1.36. The van der Waals surface area contributed by atoms with Gasteiger partial charge in [-0.15, -0.1) is 5.10 Å². The number of hydrogen-bond acceptors (Lipinski definition) is 3. The number of anilines is 1. The Hall–Kier alpha value is -1.10. The molecule has 0 atom stereocenters. The first-order valence-corrected chi connectivity index (χ1v) is 3.83. The Morgan fingerprint density at radius 1 is 1.45 bits per heavy atom. The number of hydrogen-bond donors (Lipinski definition) is 1. The molecule has 0 amide bonds. The predicted molar refractivity (Wildman–Crippen MR) is 45.1 cm³/mol. The van der Waals surface area contributed by atoms with E-state index in [1.54, 1.807) is 10.6 Å². The standard InChI is InChI=1S/C6H5BrN4/c7-6-9-5-3-1-2-4(8)11(5)10-6/h1-3H,8H2. The van der Waals surface area contributed by atoms with Crippen molar-refractivity contribution in [3.05, 3.63) is 22.9 Å². The first-order valence-electron chi connectivity index (χ1n) is 3.04. The number of halogens is 1. The van der Waals surface area contributed by atoms with E-state index in [1.165, 1.54) is 0 Å². The fourth-order valence-corrected chi connectivity index (χ4v) is 1.24. The molecule has 2 rings (SSSR count). The van der Waals surface area contributed by atoms with Gasteiger partial charge in [0, 0.05) is 0 Å². The highest BCUT2D eigenvalue weighted by Crippen LogP contribution is 2.09. The highest BCUT2D eigenvalue weighted by Gasteiger charge is 2.00. The van der Waals surface area contributed by atoms with Crippen molar-refractivity contribution in [2.75, 3.05) is 5.73 Å². The first kappa shape index (κ1) is 6.60. The smallest absolute Gasteiger partial charge is 0.218 e. The van der Waals surface area contributed by atoms with Crippen LogP contribution < -0.4 is 5.73 Å². The van der Waals surface area contributed by atoms with Crippen molar-refractivity contribution in [3.63, 3.8) is 0 Å². The van der Waals surface area contributed by atoms with Gasteiger partial charge in [0.15, 0.2) is 5.65 Å². The van der Waals surface area contributed by atoms with Crippen LogP contribution in [0.5, 0.6) is 0 Å². The van der Waals surface area contributed by atoms with Gasteiger partial charge >= 0.3 is 0 Å². The second-order valence-corrected chi connectivity index (χ2v) is 2.81. The van der Waals surface area contributed by atoms with E-state index in [0.717, 1.165) is 5.65 Å². The molecule has 0 aliphatic carbocycles. The van der Waals surface area contributed by atoms with Crippen molar-refractivity contribution in [2.45, 2.75) is 0 Å². The minimum absolute atomic E-state index is 0.551. The maximum Gasteiger partial charge on any atom is 0.218 e. The molecule has 0 aromatic carbocycles. The van der Waals surface area contributed by atoms with Crippen LogP contribution in [0, 0.1) is 0 Å². The monoisotopic (exact) mass is 212 g/mol. The van der Waals surface area contributed by atoms with Crippen LogP contribution in [0.25, 0.3) is 5.65 Å². The Morgan fingerprint density at radius 3 is 3.00 bits per heavy atom. The molecule has 56 valence electrons. The molecule has 0 bridgehead atoms. The van der Waals surface area contributed by atoms with Crippen molar-refractivity contribution in [3.8, 4) is 0 Å². The second-order valence-electron chi connectivity index (χ2n) is 2.10. The third kappa shape index (κ3) is 0.970. The Kier molecular flexibility index (Phi) is 1.32. The Morgan fingerprint density at radius 2 is 2.27 bits per heavy atom. The molecule has 2 heterocycles. The lowest BCUT2D eigenvalue weighted by Gasteiger charge is -1.93. The van der Waals surface area contributed by atoms with Gasteiger partial charge in [-0.2, -0.15) is 4.52 Å². The maximum atomic E-state index is 5.61. The SMILES string of the molecule is Nc1cccc2nc(Br)nn12. The largest absolute Gasteiger partial charge is 0.384 e. The van der Waals surface area contributed by atoms with Crippen LogP contribution in [0.2, 0.25) is 0 Å². The van der Waals surface area contributed by atoms with E-state index >= 15 is 0 Å². The number of nitrogen functional groups attached to an aromatic ring is 1. The zero-order valence-electron chi connectivity index (χ0n) is 5.53. The zero-order valence-corrected chi connectivity index (χ0v) is 7.12. The minimum Gasteiger partial charge on any atom is -0.384 e. The van der Waals surface area contributed by atoms with Crippen LogP contribution in [0.1, 0.15) is 0 Å². The van der Waals surface area contributed by atoms with Crippen molar-refractivity contribution in [1.82, 2.24) is 14.6 Å². The summed E-state index contributed by atoms with van der Waals surface area (Å²) >= 11 is 3.16. The molecule has 0 radical (unpaired) electrons. The molecule has 2 aromatic rings. The summed E-state index contributed by atoms with van der Waals surface area (Å²) in [6.07, 6.45) is 0. The summed E-state index contributed by atoms with van der Waals surface area (Å²) in [6.45, 7) is 0. The van der Waals surface area contributed by atoms with Gasteiger partial charge in [-0.25, -0.2) is 4.98 Å². The van der Waals surface area contributed by atoms with E-state index in [0.29, 0.717) is 10.6 Å². The average molecular weight is 213 g/mol. The number of nitrogens with two attached hydrogens (primary N) is 1. The molecule has 0 aliphatic rings. The van der Waals surface area contributed by atoms with Crippen molar-refractivity contribution in [1.29, 1.82) is 0 Å². The van der Waals surface area contributed by atoms with E-state index in [4.69, 9.17) is 5.73 Å². The molecular formula is C6H5BrN4. The van der Waals surface area contributed by atoms with Crippen LogP contribution in [-0.4, -0.2) is 14.6 Å². The average Bonchev–Trinajstić information content (AvgIpc) is 2.31. The molecule has 5 heteroatoms. The van der Waals surface area contributed by atoms with Gasteiger partial charge in [-0.3, -0.25) is 0 Å². The van der Waals surface area contributed by atoms with Crippen molar-refractivity contribution < 1.29 is 0 Å². The van der Waals surface area contributed by atoms with E-state index < -0.39 is 0 Å². The lowest BCUT2D eigenvalue weighted by molar-refractivity contribution is 0.957. The number of nitrogens with zero attached hydrogens (tertiary/aromatic N) is 3. The summed E-state index contributed by atoms with van der Waals surface area (Å²) in [5.41, 5.74) is 6.36. The highest BCUT2D eigenvalue weighted by atomic mass is 79.9. The van der Waals surface area contributed by atoms with Gasteiger partial charge in [0.2, 0.25) is 4.73 Å². The van der Waals surface area contributed by atoms with E-state index in [2.05, 4.69) is 26.0 Å². The van der Waals surface area contributed by atoms with Crippen LogP contribution in [-0.2, 0) is 0 Å². The summed E-state index contributed by atoms with van der Waals surface area (Å²) in [7, 11) is 0. The molecule has 0 saturated heterocycles. The summed E-state index contributed by atoms with van der Waals surface area (Å²) in [5, 5.41) is 4.01. The summed E-state index contributed by atoms with van der Waals surface area (Å²) in [4.78, 5) is 4.06. The molecule has 11 heavy (non-hydrogen) atoms. The number of rotatable bonds is 0. The summed E-state index contributed by atoms with van der Waals surface area (Å²) < 4.78 is 2.12. The minimum atomic E-state index is 0.551. The normalized spacial score (nSPS) is 10.6. The van der Waals surface area contributed by atoms with E-state index in [-0.39, 0.29) is 0 Å². The van der Waals surface area contributed by atoms with E-state index in [1.807, 2.05) is 12.1 Å². The third-order valence-corrected chi connectivity index (χ3v) is 1.70. The second kappa shape index (κ2) is 2.20. The Labute approximate surface area is 71.2 Å². The van der Waals surface area contributed by atoms with Crippen LogP contribution in [0.4, 0.5) is 5.82 Å².